The number of carbonyl (C=O) groups is 2. The lowest BCUT2D eigenvalue weighted by Crippen LogP contribution is -2.30. The van der Waals surface area contributed by atoms with Crippen molar-refractivity contribution >= 4 is 29.3 Å². The van der Waals surface area contributed by atoms with Gasteiger partial charge in [0.25, 0.3) is 0 Å². The normalized spacial score (nSPS) is 11.7. The Hall–Kier alpha value is -2.21. The Bertz CT molecular complexity index is 623. The molecule has 5 nitrogen and oxygen atoms in total. The monoisotopic (exact) mass is 318 g/mol. The molecule has 1 unspecified atom stereocenters. The zero-order chi connectivity index (χ0) is 15.9. The largest absolute Gasteiger partial charge is 0.467 e. The highest BCUT2D eigenvalue weighted by Crippen LogP contribution is 2.24. The number of rotatable bonds is 6. The molecule has 2 N–H and O–H groups in total. The zero-order valence-corrected chi connectivity index (χ0v) is 13.3. The van der Waals surface area contributed by atoms with Gasteiger partial charge in [0.05, 0.1) is 18.1 Å². The highest BCUT2D eigenvalue weighted by Gasteiger charge is 2.14. The minimum Gasteiger partial charge on any atom is -0.467 e. The molecule has 2 aromatic rings. The van der Waals surface area contributed by atoms with Crippen LogP contribution in [-0.4, -0.2) is 17.1 Å². The fourth-order valence-corrected chi connectivity index (χ4v) is 2.70. The van der Waals surface area contributed by atoms with Gasteiger partial charge in [0.2, 0.25) is 11.8 Å². The number of hydrogen-bond donors (Lipinski definition) is 2. The van der Waals surface area contributed by atoms with Gasteiger partial charge in [-0.2, -0.15) is 0 Å². The van der Waals surface area contributed by atoms with E-state index in [1.807, 2.05) is 37.3 Å². The molecule has 0 bridgehead atoms. The van der Waals surface area contributed by atoms with E-state index in [0.717, 1.165) is 16.3 Å². The van der Waals surface area contributed by atoms with E-state index in [1.165, 1.54) is 18.7 Å². The van der Waals surface area contributed by atoms with Crippen LogP contribution in [-0.2, 0) is 16.1 Å². The first-order valence-corrected chi connectivity index (χ1v) is 7.77. The maximum absolute atomic E-state index is 12.0. The van der Waals surface area contributed by atoms with Crippen molar-refractivity contribution < 1.29 is 14.0 Å². The Balaban J connectivity index is 1.83. The summed E-state index contributed by atoms with van der Waals surface area (Å²) in [7, 11) is 0. The zero-order valence-electron chi connectivity index (χ0n) is 12.5. The van der Waals surface area contributed by atoms with E-state index in [4.69, 9.17) is 4.42 Å². The summed E-state index contributed by atoms with van der Waals surface area (Å²) < 4.78 is 5.17. The topological polar surface area (TPSA) is 71.3 Å². The second-order valence-corrected chi connectivity index (χ2v) is 6.18. The number of benzene rings is 1. The van der Waals surface area contributed by atoms with Crippen molar-refractivity contribution in [1.29, 1.82) is 0 Å². The minimum absolute atomic E-state index is 0.0488. The van der Waals surface area contributed by atoms with Crippen molar-refractivity contribution in [2.45, 2.75) is 30.5 Å². The first-order chi connectivity index (χ1) is 10.5. The quantitative estimate of drug-likeness (QED) is 0.803. The van der Waals surface area contributed by atoms with E-state index in [1.54, 1.807) is 12.3 Å². The van der Waals surface area contributed by atoms with Gasteiger partial charge < -0.3 is 15.1 Å². The minimum atomic E-state index is -0.221. The van der Waals surface area contributed by atoms with Gasteiger partial charge in [0.1, 0.15) is 5.76 Å². The second-order valence-electron chi connectivity index (χ2n) is 4.76. The van der Waals surface area contributed by atoms with Gasteiger partial charge in [-0.05, 0) is 43.3 Å². The van der Waals surface area contributed by atoms with Crippen LogP contribution < -0.4 is 10.6 Å². The van der Waals surface area contributed by atoms with E-state index in [9.17, 15) is 9.59 Å². The van der Waals surface area contributed by atoms with E-state index >= 15 is 0 Å². The molecule has 6 heteroatoms. The summed E-state index contributed by atoms with van der Waals surface area (Å²) in [6, 6.07) is 11.0. The van der Waals surface area contributed by atoms with Crippen LogP contribution in [0.3, 0.4) is 0 Å². The number of furan rings is 1. The number of carbonyl (C=O) groups excluding carboxylic acids is 2. The van der Waals surface area contributed by atoms with Crippen molar-refractivity contribution in [3.8, 4) is 0 Å². The number of anilines is 1. The van der Waals surface area contributed by atoms with Gasteiger partial charge in [-0.1, -0.05) is 0 Å². The lowest BCUT2D eigenvalue weighted by Gasteiger charge is -2.11. The molecule has 2 amide bonds. The van der Waals surface area contributed by atoms with Crippen LogP contribution in [0.4, 0.5) is 5.69 Å². The summed E-state index contributed by atoms with van der Waals surface area (Å²) in [6.07, 6.45) is 1.58. The molecule has 0 saturated carbocycles. The van der Waals surface area contributed by atoms with Crippen LogP contribution >= 0.6 is 11.8 Å². The van der Waals surface area contributed by atoms with Crippen LogP contribution in [0, 0.1) is 0 Å². The maximum atomic E-state index is 12.0. The molecule has 2 rings (SSSR count). The molecule has 0 saturated heterocycles. The van der Waals surface area contributed by atoms with Crippen LogP contribution in [0.2, 0.25) is 0 Å². The molecular weight excluding hydrogens is 300 g/mol. The van der Waals surface area contributed by atoms with Gasteiger partial charge in [-0.15, -0.1) is 11.8 Å². The molecule has 116 valence electrons. The van der Waals surface area contributed by atoms with Gasteiger partial charge >= 0.3 is 0 Å². The fourth-order valence-electron chi connectivity index (χ4n) is 1.81. The Kier molecular flexibility index (Phi) is 5.66. The summed E-state index contributed by atoms with van der Waals surface area (Å²) in [5, 5.41) is 5.32. The third kappa shape index (κ3) is 4.96. The highest BCUT2D eigenvalue weighted by molar-refractivity contribution is 8.00. The third-order valence-electron chi connectivity index (χ3n) is 2.87. The molecule has 0 radical (unpaired) electrons. The highest BCUT2D eigenvalue weighted by atomic mass is 32.2. The van der Waals surface area contributed by atoms with Gasteiger partial charge in [0, 0.05) is 17.5 Å². The van der Waals surface area contributed by atoms with Crippen LogP contribution in [0.15, 0.2) is 52.0 Å². The molecule has 0 spiro atoms. The Morgan fingerprint density at radius 3 is 2.55 bits per heavy atom. The van der Waals surface area contributed by atoms with Crippen molar-refractivity contribution in [3.05, 3.63) is 48.4 Å². The average molecular weight is 318 g/mol. The van der Waals surface area contributed by atoms with Crippen molar-refractivity contribution in [3.63, 3.8) is 0 Å². The summed E-state index contributed by atoms with van der Waals surface area (Å²) in [6.45, 7) is 3.70. The van der Waals surface area contributed by atoms with E-state index in [0.29, 0.717) is 6.54 Å². The lowest BCUT2D eigenvalue weighted by molar-refractivity contribution is -0.120. The fraction of sp³-hybridized carbons (Fsp3) is 0.250. The van der Waals surface area contributed by atoms with Crippen molar-refractivity contribution in [2.24, 2.45) is 0 Å². The molecule has 0 aliphatic heterocycles. The summed E-state index contributed by atoms with van der Waals surface area (Å²) in [5.74, 6) is 0.573. The molecule has 1 atom stereocenters. The lowest BCUT2D eigenvalue weighted by atomic mass is 10.3. The Morgan fingerprint density at radius 1 is 1.23 bits per heavy atom. The second kappa shape index (κ2) is 7.70. The van der Waals surface area contributed by atoms with E-state index < -0.39 is 0 Å². The standard InChI is InChI=1S/C16H18N2O3S/c1-11(16(20)17-10-14-4-3-9-21-14)22-15-7-5-13(6-8-15)18-12(2)19/h3-9,11H,10H2,1-2H3,(H,17,20)(H,18,19). The number of thioether (sulfide) groups is 1. The Labute approximate surface area is 133 Å². The smallest absolute Gasteiger partial charge is 0.233 e. The molecule has 0 aliphatic carbocycles. The van der Waals surface area contributed by atoms with Crippen LogP contribution in [0.5, 0.6) is 0 Å². The number of nitrogens with one attached hydrogen (secondary N) is 2. The molecule has 1 aromatic carbocycles. The molecule has 1 heterocycles. The van der Waals surface area contributed by atoms with Gasteiger partial charge in [-0.25, -0.2) is 0 Å². The van der Waals surface area contributed by atoms with E-state index in [2.05, 4.69) is 10.6 Å². The molecule has 0 fully saturated rings. The molecule has 22 heavy (non-hydrogen) atoms. The third-order valence-corrected chi connectivity index (χ3v) is 3.99. The van der Waals surface area contributed by atoms with Gasteiger partial charge in [-0.3, -0.25) is 9.59 Å². The number of hydrogen-bond acceptors (Lipinski definition) is 4. The first kappa shape index (κ1) is 16.2. The predicted octanol–water partition coefficient (Wildman–Crippen LogP) is 3.04. The summed E-state index contributed by atoms with van der Waals surface area (Å²) >= 11 is 1.46. The number of amides is 2. The Morgan fingerprint density at radius 2 is 1.95 bits per heavy atom. The summed E-state index contributed by atoms with van der Waals surface area (Å²) in [5.41, 5.74) is 0.742. The molecule has 1 aromatic heterocycles. The van der Waals surface area contributed by atoms with E-state index in [-0.39, 0.29) is 17.1 Å². The maximum Gasteiger partial charge on any atom is 0.233 e. The van der Waals surface area contributed by atoms with Crippen molar-refractivity contribution in [1.82, 2.24) is 5.32 Å². The van der Waals surface area contributed by atoms with Gasteiger partial charge in [0.15, 0.2) is 0 Å². The summed E-state index contributed by atoms with van der Waals surface area (Å²) in [4.78, 5) is 23.9. The predicted molar refractivity (Wildman–Crippen MR) is 86.6 cm³/mol. The first-order valence-electron chi connectivity index (χ1n) is 6.89. The average Bonchev–Trinajstić information content (AvgIpc) is 2.99. The SMILES string of the molecule is CC(=O)Nc1ccc(SC(C)C(=O)NCc2ccco2)cc1. The van der Waals surface area contributed by atoms with Crippen LogP contribution in [0.25, 0.3) is 0 Å². The molecule has 0 aliphatic rings. The molecular formula is C16H18N2O3S. The van der Waals surface area contributed by atoms with Crippen LogP contribution in [0.1, 0.15) is 19.6 Å². The van der Waals surface area contributed by atoms with Crippen molar-refractivity contribution in [2.75, 3.05) is 5.32 Å².